The molecule has 3 rings (SSSR count). The van der Waals surface area contributed by atoms with E-state index in [1.54, 1.807) is 24.3 Å². The average Bonchev–Trinajstić information content (AvgIpc) is 2.83. The second kappa shape index (κ2) is 4.94. The van der Waals surface area contributed by atoms with Crippen LogP contribution in [0, 0.1) is 5.82 Å². The standard InChI is InChI=1S/C14H10ClFN4/c15-10-3-1-9(2-4-10)13-14(17)20(19-18-13)12-7-5-11(16)6-8-12/h1-8H,17H2. The van der Waals surface area contributed by atoms with Gasteiger partial charge in [-0.1, -0.05) is 28.9 Å². The van der Waals surface area contributed by atoms with Gasteiger partial charge in [-0.2, -0.15) is 4.68 Å². The topological polar surface area (TPSA) is 56.7 Å². The van der Waals surface area contributed by atoms with Crippen molar-refractivity contribution in [3.8, 4) is 16.9 Å². The molecule has 0 saturated carbocycles. The first-order valence-corrected chi connectivity index (χ1v) is 6.26. The fourth-order valence-corrected chi connectivity index (χ4v) is 2.00. The van der Waals surface area contributed by atoms with Crippen LogP contribution in [0.5, 0.6) is 0 Å². The first kappa shape index (κ1) is 12.6. The number of nitrogens with zero attached hydrogens (tertiary/aromatic N) is 3. The summed E-state index contributed by atoms with van der Waals surface area (Å²) >= 11 is 5.85. The third kappa shape index (κ3) is 2.23. The highest BCUT2D eigenvalue weighted by Crippen LogP contribution is 2.26. The third-order valence-corrected chi connectivity index (χ3v) is 3.15. The van der Waals surface area contributed by atoms with Crippen molar-refractivity contribution in [2.75, 3.05) is 5.73 Å². The van der Waals surface area contributed by atoms with Crippen LogP contribution in [-0.4, -0.2) is 15.0 Å². The smallest absolute Gasteiger partial charge is 0.155 e. The molecular weight excluding hydrogens is 279 g/mol. The van der Waals surface area contributed by atoms with Crippen LogP contribution in [0.3, 0.4) is 0 Å². The van der Waals surface area contributed by atoms with E-state index in [9.17, 15) is 4.39 Å². The molecule has 0 radical (unpaired) electrons. The molecule has 0 saturated heterocycles. The summed E-state index contributed by atoms with van der Waals surface area (Å²) in [7, 11) is 0. The first-order valence-electron chi connectivity index (χ1n) is 5.88. The molecule has 0 aliphatic carbocycles. The van der Waals surface area contributed by atoms with Gasteiger partial charge < -0.3 is 5.73 Å². The van der Waals surface area contributed by atoms with Gasteiger partial charge in [0.1, 0.15) is 11.5 Å². The Balaban J connectivity index is 2.04. The van der Waals surface area contributed by atoms with Gasteiger partial charge in [-0.3, -0.25) is 0 Å². The number of nitrogens with two attached hydrogens (primary N) is 1. The minimum Gasteiger partial charge on any atom is -0.382 e. The van der Waals surface area contributed by atoms with Crippen molar-refractivity contribution in [1.82, 2.24) is 15.0 Å². The SMILES string of the molecule is Nc1c(-c2ccc(Cl)cc2)nnn1-c1ccc(F)cc1. The zero-order chi connectivity index (χ0) is 14.1. The highest BCUT2D eigenvalue weighted by molar-refractivity contribution is 6.30. The van der Waals surface area contributed by atoms with Crippen LogP contribution in [0.4, 0.5) is 10.2 Å². The summed E-state index contributed by atoms with van der Waals surface area (Å²) in [5, 5.41) is 8.70. The van der Waals surface area contributed by atoms with E-state index in [2.05, 4.69) is 10.3 Å². The molecule has 2 N–H and O–H groups in total. The van der Waals surface area contributed by atoms with E-state index in [4.69, 9.17) is 17.3 Å². The van der Waals surface area contributed by atoms with Crippen LogP contribution < -0.4 is 5.73 Å². The summed E-state index contributed by atoms with van der Waals surface area (Å²) in [6.07, 6.45) is 0. The van der Waals surface area contributed by atoms with Gasteiger partial charge in [-0.15, -0.1) is 5.10 Å². The number of hydrogen-bond donors (Lipinski definition) is 1. The average molecular weight is 289 g/mol. The number of benzene rings is 2. The van der Waals surface area contributed by atoms with Crippen LogP contribution in [0.1, 0.15) is 0 Å². The normalized spacial score (nSPS) is 10.7. The quantitative estimate of drug-likeness (QED) is 0.787. The molecule has 1 aromatic heterocycles. The zero-order valence-corrected chi connectivity index (χ0v) is 11.0. The Morgan fingerprint density at radius 3 is 2.30 bits per heavy atom. The summed E-state index contributed by atoms with van der Waals surface area (Å²) in [5.74, 6) is 0.0734. The predicted octanol–water partition coefficient (Wildman–Crippen LogP) is 3.31. The minimum atomic E-state index is -0.314. The maximum absolute atomic E-state index is 12.9. The third-order valence-electron chi connectivity index (χ3n) is 2.89. The van der Waals surface area contributed by atoms with Crippen LogP contribution in [0.15, 0.2) is 48.5 Å². The lowest BCUT2D eigenvalue weighted by atomic mass is 10.1. The molecule has 0 amide bonds. The van der Waals surface area contributed by atoms with E-state index in [1.165, 1.54) is 16.8 Å². The molecule has 1 heterocycles. The number of anilines is 1. The molecule has 4 nitrogen and oxygen atoms in total. The lowest BCUT2D eigenvalue weighted by molar-refractivity contribution is 0.627. The van der Waals surface area contributed by atoms with E-state index < -0.39 is 0 Å². The Hall–Kier alpha value is -2.40. The minimum absolute atomic E-state index is 0.314. The van der Waals surface area contributed by atoms with Gasteiger partial charge in [0.25, 0.3) is 0 Å². The van der Waals surface area contributed by atoms with Crippen LogP contribution in [0.25, 0.3) is 16.9 Å². The molecule has 3 aromatic rings. The molecule has 6 heteroatoms. The number of aromatic nitrogens is 3. The molecule has 0 aliphatic heterocycles. The van der Waals surface area contributed by atoms with Crippen LogP contribution in [-0.2, 0) is 0 Å². The maximum atomic E-state index is 12.9. The van der Waals surface area contributed by atoms with Gasteiger partial charge in [0, 0.05) is 10.6 Å². The van der Waals surface area contributed by atoms with Gasteiger partial charge in [0.2, 0.25) is 0 Å². The van der Waals surface area contributed by atoms with Gasteiger partial charge in [0.05, 0.1) is 5.69 Å². The number of hydrogen-bond acceptors (Lipinski definition) is 3. The monoisotopic (exact) mass is 288 g/mol. The molecule has 2 aromatic carbocycles. The van der Waals surface area contributed by atoms with E-state index in [-0.39, 0.29) is 5.82 Å². The molecule has 0 spiro atoms. The van der Waals surface area contributed by atoms with Gasteiger partial charge in [-0.25, -0.2) is 4.39 Å². The lowest BCUT2D eigenvalue weighted by Gasteiger charge is -2.03. The van der Waals surface area contributed by atoms with Gasteiger partial charge in [-0.05, 0) is 36.4 Å². The summed E-state index contributed by atoms with van der Waals surface area (Å²) in [4.78, 5) is 0. The summed E-state index contributed by atoms with van der Waals surface area (Å²) in [6.45, 7) is 0. The Morgan fingerprint density at radius 2 is 1.65 bits per heavy atom. The van der Waals surface area contributed by atoms with Crippen LogP contribution >= 0.6 is 11.6 Å². The Morgan fingerprint density at radius 1 is 1.00 bits per heavy atom. The molecular formula is C14H10ClFN4. The maximum Gasteiger partial charge on any atom is 0.155 e. The number of rotatable bonds is 2. The predicted molar refractivity (Wildman–Crippen MR) is 76.2 cm³/mol. The Kier molecular flexibility index (Phi) is 3.12. The van der Waals surface area contributed by atoms with Crippen molar-refractivity contribution in [2.24, 2.45) is 0 Å². The van der Waals surface area contributed by atoms with Gasteiger partial charge >= 0.3 is 0 Å². The van der Waals surface area contributed by atoms with E-state index >= 15 is 0 Å². The molecule has 0 fully saturated rings. The van der Waals surface area contributed by atoms with Crippen molar-refractivity contribution in [3.05, 3.63) is 59.4 Å². The fourth-order valence-electron chi connectivity index (χ4n) is 1.88. The Bertz CT molecular complexity index is 672. The van der Waals surface area contributed by atoms with E-state index in [0.717, 1.165) is 5.56 Å². The zero-order valence-electron chi connectivity index (χ0n) is 10.3. The summed E-state index contributed by atoms with van der Waals surface area (Å²) < 4.78 is 14.4. The molecule has 100 valence electrons. The van der Waals surface area contributed by atoms with Crippen LogP contribution in [0.2, 0.25) is 5.02 Å². The van der Waals surface area contributed by atoms with Gasteiger partial charge in [0.15, 0.2) is 5.82 Å². The largest absolute Gasteiger partial charge is 0.382 e. The number of nitrogen functional groups attached to an aromatic ring is 1. The van der Waals surface area contributed by atoms with Crippen molar-refractivity contribution in [2.45, 2.75) is 0 Å². The lowest BCUT2D eigenvalue weighted by Crippen LogP contribution is -2.02. The van der Waals surface area contributed by atoms with Crippen molar-refractivity contribution >= 4 is 17.4 Å². The molecule has 20 heavy (non-hydrogen) atoms. The van der Waals surface area contributed by atoms with E-state index in [0.29, 0.717) is 22.2 Å². The second-order valence-corrected chi connectivity index (χ2v) is 4.65. The second-order valence-electron chi connectivity index (χ2n) is 4.22. The molecule has 0 atom stereocenters. The van der Waals surface area contributed by atoms with Crippen molar-refractivity contribution < 1.29 is 4.39 Å². The molecule has 0 bridgehead atoms. The summed E-state index contributed by atoms with van der Waals surface area (Å²) in [6, 6.07) is 13.0. The molecule has 0 unspecified atom stereocenters. The highest BCUT2D eigenvalue weighted by atomic mass is 35.5. The highest BCUT2D eigenvalue weighted by Gasteiger charge is 2.12. The summed E-state index contributed by atoms with van der Waals surface area (Å²) in [5.41, 5.74) is 8.09. The van der Waals surface area contributed by atoms with E-state index in [1.807, 2.05) is 12.1 Å². The van der Waals surface area contributed by atoms with Crippen molar-refractivity contribution in [3.63, 3.8) is 0 Å². The number of halogens is 2. The Labute approximate surface area is 119 Å². The fraction of sp³-hybridized carbons (Fsp3) is 0. The first-order chi connectivity index (χ1) is 9.65. The molecule has 0 aliphatic rings. The van der Waals surface area contributed by atoms with Crippen molar-refractivity contribution in [1.29, 1.82) is 0 Å².